The van der Waals surface area contributed by atoms with Gasteiger partial charge in [0.25, 0.3) is 0 Å². The number of benzene rings is 1. The molecule has 0 atom stereocenters. The summed E-state index contributed by atoms with van der Waals surface area (Å²) in [5, 5.41) is 10.1. The monoisotopic (exact) mass is 300 g/mol. The molecule has 5 nitrogen and oxygen atoms in total. The van der Waals surface area contributed by atoms with E-state index in [2.05, 4.69) is 15.2 Å². The van der Waals surface area contributed by atoms with Crippen LogP contribution in [-0.4, -0.2) is 22.3 Å². The lowest BCUT2D eigenvalue weighted by atomic mass is 10.0. The fourth-order valence-electron chi connectivity index (χ4n) is 2.29. The first-order valence-corrected chi connectivity index (χ1v) is 7.39. The van der Waals surface area contributed by atoms with E-state index in [1.54, 1.807) is 18.4 Å². The second-order valence-electron chi connectivity index (χ2n) is 4.80. The summed E-state index contributed by atoms with van der Waals surface area (Å²) >= 11 is 1.60. The molecule has 3 rings (SSSR count). The molecule has 0 saturated heterocycles. The number of nitrogens with two attached hydrogens (primary N) is 1. The van der Waals surface area contributed by atoms with Crippen molar-refractivity contribution in [1.82, 2.24) is 15.2 Å². The van der Waals surface area contributed by atoms with Crippen molar-refractivity contribution in [2.24, 2.45) is 0 Å². The lowest BCUT2D eigenvalue weighted by Crippen LogP contribution is -1.92. The van der Waals surface area contributed by atoms with E-state index in [1.807, 2.05) is 37.4 Å². The van der Waals surface area contributed by atoms with Crippen LogP contribution in [0.3, 0.4) is 0 Å². The molecule has 0 amide bonds. The van der Waals surface area contributed by atoms with Crippen LogP contribution in [0.5, 0.6) is 5.75 Å². The van der Waals surface area contributed by atoms with Crippen molar-refractivity contribution in [3.63, 3.8) is 0 Å². The molecule has 3 N–H and O–H groups in total. The molecule has 3 aromatic rings. The number of ether oxygens (including phenoxy) is 1. The van der Waals surface area contributed by atoms with Gasteiger partial charge in [0.05, 0.1) is 29.1 Å². The highest BCUT2D eigenvalue weighted by Gasteiger charge is 2.17. The van der Waals surface area contributed by atoms with Crippen molar-refractivity contribution in [3.05, 3.63) is 34.2 Å². The summed E-state index contributed by atoms with van der Waals surface area (Å²) in [5.41, 5.74) is 10.6. The number of aromatic amines is 1. The van der Waals surface area contributed by atoms with E-state index < -0.39 is 0 Å². The van der Waals surface area contributed by atoms with Gasteiger partial charge in [-0.25, -0.2) is 4.98 Å². The summed E-state index contributed by atoms with van der Waals surface area (Å²) < 4.78 is 5.39. The van der Waals surface area contributed by atoms with Crippen LogP contribution >= 0.6 is 11.3 Å². The zero-order chi connectivity index (χ0) is 15.0. The lowest BCUT2D eigenvalue weighted by Gasteiger charge is -2.08. The molecule has 0 bridgehead atoms. The number of nitrogens with one attached hydrogen (secondary N) is 1. The Morgan fingerprint density at radius 1 is 1.29 bits per heavy atom. The number of hydrogen-bond donors (Lipinski definition) is 2. The number of aryl methyl sites for hydroxylation is 2. The SMILES string of the molecule is COc1cc(-c2c(N)n[nH]c2-c2csc(C)n2)ccc1C. The Hall–Kier alpha value is -2.34. The minimum Gasteiger partial charge on any atom is -0.496 e. The fraction of sp³-hybridized carbons (Fsp3) is 0.200. The number of nitrogen functional groups attached to an aromatic ring is 1. The van der Waals surface area contributed by atoms with Crippen LogP contribution in [0.15, 0.2) is 23.6 Å². The van der Waals surface area contributed by atoms with Crippen LogP contribution < -0.4 is 10.5 Å². The highest BCUT2D eigenvalue weighted by atomic mass is 32.1. The molecule has 0 fully saturated rings. The Kier molecular flexibility index (Phi) is 3.39. The molecule has 0 aliphatic rings. The maximum atomic E-state index is 6.04. The van der Waals surface area contributed by atoms with Crippen molar-refractivity contribution in [1.29, 1.82) is 0 Å². The van der Waals surface area contributed by atoms with Crippen molar-refractivity contribution < 1.29 is 4.74 Å². The molecule has 21 heavy (non-hydrogen) atoms. The van der Waals surface area contributed by atoms with Crippen LogP contribution in [0.25, 0.3) is 22.5 Å². The summed E-state index contributed by atoms with van der Waals surface area (Å²) in [4.78, 5) is 4.50. The number of aromatic nitrogens is 3. The topological polar surface area (TPSA) is 76.8 Å². The van der Waals surface area contributed by atoms with Gasteiger partial charge in [0, 0.05) is 5.38 Å². The molecule has 0 radical (unpaired) electrons. The molecule has 0 aliphatic carbocycles. The zero-order valence-corrected chi connectivity index (χ0v) is 12.9. The highest BCUT2D eigenvalue weighted by Crippen LogP contribution is 2.37. The number of hydrogen-bond acceptors (Lipinski definition) is 5. The quantitative estimate of drug-likeness (QED) is 0.777. The van der Waals surface area contributed by atoms with Gasteiger partial charge in [-0.05, 0) is 31.0 Å². The fourth-order valence-corrected chi connectivity index (χ4v) is 2.89. The average molecular weight is 300 g/mol. The second kappa shape index (κ2) is 5.21. The lowest BCUT2D eigenvalue weighted by molar-refractivity contribution is 0.412. The minimum atomic E-state index is 0.460. The van der Waals surface area contributed by atoms with Crippen LogP contribution in [0.4, 0.5) is 5.82 Å². The summed E-state index contributed by atoms with van der Waals surface area (Å²) in [6.07, 6.45) is 0. The largest absolute Gasteiger partial charge is 0.496 e. The van der Waals surface area contributed by atoms with Crippen molar-refractivity contribution in [2.45, 2.75) is 13.8 Å². The standard InChI is InChI=1S/C15H16N4OS/c1-8-4-5-10(6-12(8)20-3)13-14(18-19-15(13)16)11-7-21-9(2)17-11/h4-7H,1-3H3,(H3,16,18,19). The predicted octanol–water partition coefficient (Wildman–Crippen LogP) is 3.41. The van der Waals surface area contributed by atoms with E-state index in [0.29, 0.717) is 5.82 Å². The Balaban J connectivity index is 2.17. The Morgan fingerprint density at radius 2 is 2.10 bits per heavy atom. The van der Waals surface area contributed by atoms with E-state index >= 15 is 0 Å². The van der Waals surface area contributed by atoms with E-state index in [1.165, 1.54) is 0 Å². The summed E-state index contributed by atoms with van der Waals surface area (Å²) in [6, 6.07) is 6.00. The van der Waals surface area contributed by atoms with Gasteiger partial charge in [0.2, 0.25) is 0 Å². The first-order chi connectivity index (χ1) is 10.1. The average Bonchev–Trinajstić information content (AvgIpc) is 3.05. The third kappa shape index (κ3) is 2.38. The maximum Gasteiger partial charge on any atom is 0.153 e. The molecule has 0 saturated carbocycles. The molecule has 0 spiro atoms. The third-order valence-electron chi connectivity index (χ3n) is 3.37. The highest BCUT2D eigenvalue weighted by molar-refractivity contribution is 7.09. The van der Waals surface area contributed by atoms with Crippen LogP contribution in [0.2, 0.25) is 0 Å². The summed E-state index contributed by atoms with van der Waals surface area (Å²) in [6.45, 7) is 3.98. The van der Waals surface area contributed by atoms with Gasteiger partial charge in [-0.3, -0.25) is 5.10 Å². The van der Waals surface area contributed by atoms with E-state index in [4.69, 9.17) is 10.5 Å². The van der Waals surface area contributed by atoms with Gasteiger partial charge < -0.3 is 10.5 Å². The van der Waals surface area contributed by atoms with Gasteiger partial charge in [-0.2, -0.15) is 5.10 Å². The number of methoxy groups -OCH3 is 1. The minimum absolute atomic E-state index is 0.460. The molecule has 6 heteroatoms. The number of thiazole rings is 1. The van der Waals surface area contributed by atoms with E-state index in [0.717, 1.165) is 38.8 Å². The van der Waals surface area contributed by atoms with Gasteiger partial charge in [-0.15, -0.1) is 11.3 Å². The van der Waals surface area contributed by atoms with Crippen LogP contribution in [-0.2, 0) is 0 Å². The Morgan fingerprint density at radius 3 is 2.76 bits per heavy atom. The van der Waals surface area contributed by atoms with Crippen LogP contribution in [0.1, 0.15) is 10.6 Å². The van der Waals surface area contributed by atoms with E-state index in [-0.39, 0.29) is 0 Å². The first-order valence-electron chi connectivity index (χ1n) is 6.51. The number of anilines is 1. The molecule has 0 unspecified atom stereocenters. The predicted molar refractivity (Wildman–Crippen MR) is 85.6 cm³/mol. The Bertz CT molecular complexity index is 791. The van der Waals surface area contributed by atoms with Crippen molar-refractivity contribution in [2.75, 3.05) is 12.8 Å². The Labute approximate surface area is 126 Å². The molecule has 1 aromatic carbocycles. The van der Waals surface area contributed by atoms with Crippen LogP contribution in [0, 0.1) is 13.8 Å². The molecule has 108 valence electrons. The number of rotatable bonds is 3. The van der Waals surface area contributed by atoms with Crippen molar-refractivity contribution >= 4 is 17.2 Å². The molecular weight excluding hydrogens is 284 g/mol. The van der Waals surface area contributed by atoms with Gasteiger partial charge in [0.1, 0.15) is 5.75 Å². The first kappa shape index (κ1) is 13.6. The van der Waals surface area contributed by atoms with Gasteiger partial charge in [0.15, 0.2) is 5.82 Å². The number of nitrogens with zero attached hydrogens (tertiary/aromatic N) is 2. The maximum absolute atomic E-state index is 6.04. The molecule has 2 heterocycles. The molecule has 0 aliphatic heterocycles. The van der Waals surface area contributed by atoms with Gasteiger partial charge in [-0.1, -0.05) is 12.1 Å². The normalized spacial score (nSPS) is 10.8. The smallest absolute Gasteiger partial charge is 0.153 e. The van der Waals surface area contributed by atoms with Gasteiger partial charge >= 0.3 is 0 Å². The summed E-state index contributed by atoms with van der Waals surface area (Å²) in [7, 11) is 1.66. The van der Waals surface area contributed by atoms with E-state index in [9.17, 15) is 0 Å². The molecular formula is C15H16N4OS. The summed E-state index contributed by atoms with van der Waals surface area (Å²) in [5.74, 6) is 1.29. The third-order valence-corrected chi connectivity index (χ3v) is 4.14. The molecule has 2 aromatic heterocycles. The second-order valence-corrected chi connectivity index (χ2v) is 5.86. The zero-order valence-electron chi connectivity index (χ0n) is 12.1. The van der Waals surface area contributed by atoms with Crippen molar-refractivity contribution in [3.8, 4) is 28.3 Å². The number of H-pyrrole nitrogens is 1.